The zero-order valence-electron chi connectivity index (χ0n) is 32.7. The number of benzene rings is 2. The summed E-state index contributed by atoms with van der Waals surface area (Å²) in [5.41, 5.74) is 3.61. The SMILES string of the molecule is Cc1cccc(S(=O)(=O)C2(C)CCOC(C3=CC(C(F)(F)F)=NC3)C2)c1.Cc1cccc(S(=O)(=O)C2(C)CCOC(c3cc(C(F)(F)F)nn3C(C)(C)C(N)=O)C2)c1. The fraction of sp³-hybridized carbons (Fsp3) is 0.513. The molecule has 2 saturated heterocycles. The number of aromatic nitrogens is 2. The molecule has 0 radical (unpaired) electrons. The highest BCUT2D eigenvalue weighted by molar-refractivity contribution is 7.93. The van der Waals surface area contributed by atoms with Crippen LogP contribution in [0.1, 0.15) is 82.0 Å². The number of sulfone groups is 2. The number of ether oxygens (including phenoxy) is 2. The van der Waals surface area contributed by atoms with E-state index in [1.54, 1.807) is 57.2 Å². The third-order valence-corrected chi connectivity index (χ3v) is 16.1. The molecule has 58 heavy (non-hydrogen) atoms. The number of hydrogen-bond donors (Lipinski definition) is 1. The molecular formula is C39H46F6N4O7S2. The number of alkyl halides is 6. The summed E-state index contributed by atoms with van der Waals surface area (Å²) in [7, 11) is -7.49. The lowest BCUT2D eigenvalue weighted by Crippen LogP contribution is -2.45. The van der Waals surface area contributed by atoms with Crippen LogP contribution >= 0.6 is 0 Å². The first-order valence-corrected chi connectivity index (χ1v) is 21.2. The number of allylic oxidation sites excluding steroid dienone is 1. The van der Waals surface area contributed by atoms with Gasteiger partial charge in [-0.15, -0.1) is 0 Å². The highest BCUT2D eigenvalue weighted by atomic mass is 32.2. The Morgan fingerprint density at radius 1 is 0.793 bits per heavy atom. The standard InChI is InChI=1S/C21H26F3N3O4S.C18H20F3NO3S/c1-13-6-5-7-14(10-13)32(29,30)20(4)8-9-31-16(12-20)15-11-17(21(22,23)24)26-27(15)19(2,3)18(25)28;1-12-4-3-5-14(8-12)26(23,24)17(2)6-7-25-15(10-17)13-9-16(22-11-13)18(19,20)21/h5-7,10-11,16H,8-9,12H2,1-4H3,(H2,25,28);3-5,8-9,15H,6-7,10-11H2,1-2H3. The second-order valence-corrected chi connectivity index (χ2v) is 20.8. The van der Waals surface area contributed by atoms with Crippen molar-refractivity contribution in [3.05, 3.63) is 88.8 Å². The van der Waals surface area contributed by atoms with Gasteiger partial charge in [-0.1, -0.05) is 24.3 Å². The van der Waals surface area contributed by atoms with Crippen LogP contribution in [-0.4, -0.2) is 79.8 Å². The Balaban J connectivity index is 0.000000226. The van der Waals surface area contributed by atoms with Crippen LogP contribution in [0.4, 0.5) is 26.3 Å². The summed E-state index contributed by atoms with van der Waals surface area (Å²) in [6.45, 7) is 9.55. The molecule has 4 unspecified atom stereocenters. The lowest BCUT2D eigenvalue weighted by atomic mass is 9.92. The first-order valence-electron chi connectivity index (χ1n) is 18.3. The van der Waals surface area contributed by atoms with Crippen molar-refractivity contribution < 1.29 is 57.4 Å². The van der Waals surface area contributed by atoms with Crippen LogP contribution in [0.5, 0.6) is 0 Å². The summed E-state index contributed by atoms with van der Waals surface area (Å²) in [5.74, 6) is -0.887. The largest absolute Gasteiger partial charge is 0.435 e. The quantitative estimate of drug-likeness (QED) is 0.234. The highest BCUT2D eigenvalue weighted by Crippen LogP contribution is 2.44. The average Bonchev–Trinajstić information content (AvgIpc) is 3.82. The number of aliphatic imine (C=N–C) groups is 1. The predicted molar refractivity (Wildman–Crippen MR) is 203 cm³/mol. The molecule has 0 aliphatic carbocycles. The van der Waals surface area contributed by atoms with Gasteiger partial charge in [-0.3, -0.25) is 14.5 Å². The molecule has 318 valence electrons. The van der Waals surface area contributed by atoms with Crippen LogP contribution in [-0.2, 0) is 45.7 Å². The number of nitrogens with two attached hydrogens (primary N) is 1. The molecule has 0 saturated carbocycles. The fourth-order valence-corrected chi connectivity index (χ4v) is 10.9. The van der Waals surface area contributed by atoms with Crippen molar-refractivity contribution in [1.82, 2.24) is 9.78 Å². The summed E-state index contributed by atoms with van der Waals surface area (Å²) in [5, 5.41) is 3.59. The molecule has 3 aliphatic heterocycles. The molecule has 2 aromatic carbocycles. The number of nitrogens with zero attached hydrogens (tertiary/aromatic N) is 3. The molecule has 6 rings (SSSR count). The van der Waals surface area contributed by atoms with Gasteiger partial charge in [-0.25, -0.2) is 16.8 Å². The third kappa shape index (κ3) is 8.91. The van der Waals surface area contributed by atoms with Gasteiger partial charge in [0.05, 0.1) is 37.6 Å². The summed E-state index contributed by atoms with van der Waals surface area (Å²) in [6, 6.07) is 13.9. The number of halogens is 6. The lowest BCUT2D eigenvalue weighted by Gasteiger charge is -2.38. The number of hydrogen-bond acceptors (Lipinski definition) is 9. The Kier molecular flexibility index (Phi) is 12.3. The fourth-order valence-electron chi connectivity index (χ4n) is 7.12. The van der Waals surface area contributed by atoms with Crippen molar-refractivity contribution in [2.24, 2.45) is 10.7 Å². The molecule has 4 atom stereocenters. The molecule has 0 bridgehead atoms. The van der Waals surface area contributed by atoms with Gasteiger partial charge in [0.1, 0.15) is 17.4 Å². The topological polar surface area (TPSA) is 160 Å². The summed E-state index contributed by atoms with van der Waals surface area (Å²) >= 11 is 0. The first-order chi connectivity index (χ1) is 26.6. The minimum Gasteiger partial charge on any atom is -0.374 e. The van der Waals surface area contributed by atoms with Gasteiger partial charge in [0, 0.05) is 13.2 Å². The van der Waals surface area contributed by atoms with E-state index in [1.165, 1.54) is 19.9 Å². The predicted octanol–water partition coefficient (Wildman–Crippen LogP) is 7.16. The maximum atomic E-state index is 13.5. The molecular weight excluding hydrogens is 815 g/mol. The number of carbonyl (C=O) groups is 1. The number of amides is 1. The average molecular weight is 861 g/mol. The lowest BCUT2D eigenvalue weighted by molar-refractivity contribution is -0.142. The Morgan fingerprint density at radius 3 is 1.71 bits per heavy atom. The van der Waals surface area contributed by atoms with Crippen LogP contribution in [0.15, 0.2) is 81.0 Å². The van der Waals surface area contributed by atoms with Gasteiger partial charge in [-0.2, -0.15) is 31.4 Å². The maximum absolute atomic E-state index is 13.5. The first kappa shape index (κ1) is 45.0. The van der Waals surface area contributed by atoms with Gasteiger partial charge in [0.25, 0.3) is 0 Å². The number of rotatable bonds is 8. The van der Waals surface area contributed by atoms with Gasteiger partial charge in [0.15, 0.2) is 25.4 Å². The van der Waals surface area contributed by atoms with Gasteiger partial charge in [-0.05, 0) is 120 Å². The van der Waals surface area contributed by atoms with Crippen LogP contribution in [0.25, 0.3) is 0 Å². The summed E-state index contributed by atoms with van der Waals surface area (Å²) < 4.78 is 142. The van der Waals surface area contributed by atoms with E-state index in [2.05, 4.69) is 10.1 Å². The molecule has 2 N–H and O–H groups in total. The van der Waals surface area contributed by atoms with Gasteiger partial charge in [0.2, 0.25) is 5.91 Å². The van der Waals surface area contributed by atoms with Crippen molar-refractivity contribution >= 4 is 31.3 Å². The number of carbonyl (C=O) groups excluding carboxylic acids is 1. The summed E-state index contributed by atoms with van der Waals surface area (Å²) in [4.78, 5) is 15.8. The van der Waals surface area contributed by atoms with Crippen LogP contribution in [0.3, 0.4) is 0 Å². The van der Waals surface area contributed by atoms with E-state index in [4.69, 9.17) is 15.2 Å². The minimum absolute atomic E-state index is 0.00967. The van der Waals surface area contributed by atoms with Crippen molar-refractivity contribution in [1.29, 1.82) is 0 Å². The molecule has 0 spiro atoms. The smallest absolute Gasteiger partial charge is 0.374 e. The van der Waals surface area contributed by atoms with E-state index < -0.39 is 76.6 Å². The minimum atomic E-state index is -4.76. The zero-order chi connectivity index (χ0) is 43.3. The van der Waals surface area contributed by atoms with E-state index >= 15 is 0 Å². The van der Waals surface area contributed by atoms with E-state index in [0.717, 1.165) is 28.0 Å². The van der Waals surface area contributed by atoms with E-state index in [0.29, 0.717) is 12.0 Å². The molecule has 3 aliphatic rings. The van der Waals surface area contributed by atoms with E-state index in [-0.39, 0.29) is 54.5 Å². The molecule has 19 heteroatoms. The Bertz CT molecular complexity index is 2340. The zero-order valence-corrected chi connectivity index (χ0v) is 34.4. The van der Waals surface area contributed by atoms with E-state index in [9.17, 15) is 48.0 Å². The Morgan fingerprint density at radius 2 is 1.28 bits per heavy atom. The molecule has 1 amide bonds. The number of aryl methyl sites for hydroxylation is 2. The highest BCUT2D eigenvalue weighted by Gasteiger charge is 2.49. The van der Waals surface area contributed by atoms with Crippen LogP contribution in [0, 0.1) is 13.8 Å². The van der Waals surface area contributed by atoms with Crippen molar-refractivity contribution in [2.75, 3.05) is 19.8 Å². The maximum Gasteiger partial charge on any atom is 0.435 e. The monoisotopic (exact) mass is 860 g/mol. The van der Waals surface area contributed by atoms with Crippen molar-refractivity contribution in [2.45, 2.75) is 117 Å². The van der Waals surface area contributed by atoms with Gasteiger partial charge >= 0.3 is 12.4 Å². The second kappa shape index (κ2) is 15.8. The summed E-state index contributed by atoms with van der Waals surface area (Å²) in [6.07, 6.45) is -9.55. The third-order valence-electron chi connectivity index (χ3n) is 11.0. The normalized spacial score (nSPS) is 24.7. The Labute approximate surface area is 333 Å². The number of primary amides is 1. The van der Waals surface area contributed by atoms with E-state index in [1.807, 2.05) is 13.0 Å². The molecule has 2 fully saturated rings. The Hall–Kier alpha value is -4.07. The van der Waals surface area contributed by atoms with Crippen LogP contribution in [0.2, 0.25) is 0 Å². The van der Waals surface area contributed by atoms with Crippen LogP contribution < -0.4 is 5.73 Å². The van der Waals surface area contributed by atoms with Crippen molar-refractivity contribution in [3.8, 4) is 0 Å². The molecule has 4 heterocycles. The van der Waals surface area contributed by atoms with Crippen molar-refractivity contribution in [3.63, 3.8) is 0 Å². The molecule has 1 aromatic heterocycles. The molecule has 11 nitrogen and oxygen atoms in total. The molecule has 3 aromatic rings. The van der Waals surface area contributed by atoms with Gasteiger partial charge < -0.3 is 15.2 Å². The second-order valence-electron chi connectivity index (χ2n) is 15.9.